The van der Waals surface area contributed by atoms with Crippen molar-refractivity contribution in [1.29, 1.82) is 0 Å². The molecule has 0 aromatic heterocycles. The number of quaternary nitrogens is 1. The Morgan fingerprint density at radius 1 is 1.11 bits per heavy atom. The molecule has 0 aliphatic rings. The summed E-state index contributed by atoms with van der Waals surface area (Å²) in [6.07, 6.45) is 0. The summed E-state index contributed by atoms with van der Waals surface area (Å²) in [7, 11) is 5.52. The molecule has 0 unspecified atom stereocenters. The van der Waals surface area contributed by atoms with Crippen LogP contribution in [0, 0.1) is 0 Å². The molecule has 1 aromatic carbocycles. The van der Waals surface area contributed by atoms with E-state index in [1.165, 1.54) is 12.1 Å². The molecule has 0 radical (unpaired) electrons. The normalized spacial score (nSPS) is 10.2. The summed E-state index contributed by atoms with van der Waals surface area (Å²) >= 11 is 0. The Labute approximate surface area is 105 Å². The van der Waals surface area contributed by atoms with Crippen molar-refractivity contribution in [2.24, 2.45) is 0 Å². The number of aliphatic carboxylic acids is 1. The molecule has 0 spiro atoms. The van der Waals surface area contributed by atoms with Gasteiger partial charge in [0.25, 0.3) is 0 Å². The molecule has 0 saturated carbocycles. The topological polar surface area (TPSA) is 94.8 Å². The first-order valence-electron chi connectivity index (χ1n) is 5.17. The largest absolute Gasteiger partial charge is 0.507 e. The summed E-state index contributed by atoms with van der Waals surface area (Å²) in [5.41, 5.74) is -0.0671. The van der Waals surface area contributed by atoms with E-state index in [0.717, 1.165) is 0 Å². The van der Waals surface area contributed by atoms with E-state index in [1.807, 2.05) is 21.1 Å². The lowest BCUT2D eigenvalue weighted by molar-refractivity contribution is -0.862. The summed E-state index contributed by atoms with van der Waals surface area (Å²) in [6.45, 7) is 0.181. The molecular weight excluding hydrogens is 238 g/mol. The van der Waals surface area contributed by atoms with Gasteiger partial charge in [0.2, 0.25) is 0 Å². The molecule has 0 bridgehead atoms. The van der Waals surface area contributed by atoms with E-state index in [9.17, 15) is 9.59 Å². The third-order valence-electron chi connectivity index (χ3n) is 1.74. The zero-order valence-corrected chi connectivity index (χ0v) is 10.6. The van der Waals surface area contributed by atoms with Crippen molar-refractivity contribution in [3.63, 3.8) is 0 Å². The van der Waals surface area contributed by atoms with Crippen LogP contribution in [0.5, 0.6) is 5.75 Å². The first kappa shape index (κ1) is 15.9. The third-order valence-corrected chi connectivity index (χ3v) is 1.74. The summed E-state index contributed by atoms with van der Waals surface area (Å²) in [4.78, 5) is 20.3. The van der Waals surface area contributed by atoms with Gasteiger partial charge in [-0.25, -0.2) is 9.59 Å². The summed E-state index contributed by atoms with van der Waals surface area (Å²) < 4.78 is 0.481. The molecule has 0 atom stereocenters. The number of aromatic carboxylic acids is 1. The van der Waals surface area contributed by atoms with E-state index < -0.39 is 11.9 Å². The number of likely N-dealkylation sites (N-methyl/N-ethyl adjacent to an activating group) is 1. The van der Waals surface area contributed by atoms with E-state index in [1.54, 1.807) is 12.1 Å². The Morgan fingerprint density at radius 2 is 1.61 bits per heavy atom. The predicted molar refractivity (Wildman–Crippen MR) is 65.6 cm³/mol. The lowest BCUT2D eigenvalue weighted by atomic mass is 10.2. The highest BCUT2D eigenvalue weighted by molar-refractivity contribution is 5.90. The number of carbonyl (C=O) groups is 2. The summed E-state index contributed by atoms with van der Waals surface area (Å²) in [5, 5.41) is 25.5. The monoisotopic (exact) mass is 256 g/mol. The van der Waals surface area contributed by atoms with Crippen LogP contribution in [-0.4, -0.2) is 59.4 Å². The maximum atomic E-state index is 10.3. The van der Waals surface area contributed by atoms with Gasteiger partial charge in [0, 0.05) is 0 Å². The number of benzene rings is 1. The second-order valence-electron chi connectivity index (χ2n) is 4.66. The highest BCUT2D eigenvalue weighted by Crippen LogP contribution is 2.14. The minimum atomic E-state index is -1.11. The van der Waals surface area contributed by atoms with Crippen LogP contribution < -0.4 is 0 Å². The van der Waals surface area contributed by atoms with Crippen molar-refractivity contribution in [2.75, 3.05) is 27.7 Å². The minimum absolute atomic E-state index is 0.0671. The molecule has 0 aliphatic heterocycles. The molecule has 6 heteroatoms. The molecule has 1 aromatic rings. The van der Waals surface area contributed by atoms with Gasteiger partial charge in [0.15, 0.2) is 6.54 Å². The van der Waals surface area contributed by atoms with Crippen molar-refractivity contribution in [3.05, 3.63) is 29.8 Å². The predicted octanol–water partition coefficient (Wildman–Crippen LogP) is 0.868. The number of hydrogen-bond acceptors (Lipinski definition) is 3. The maximum absolute atomic E-state index is 10.3. The Kier molecular flexibility index (Phi) is 5.84. The fraction of sp³-hybridized carbons (Fsp3) is 0.333. The van der Waals surface area contributed by atoms with Gasteiger partial charge in [0.05, 0.1) is 21.1 Å². The minimum Gasteiger partial charge on any atom is -0.507 e. The van der Waals surface area contributed by atoms with Crippen LogP contribution >= 0.6 is 0 Å². The van der Waals surface area contributed by atoms with E-state index in [-0.39, 0.29) is 17.9 Å². The lowest BCUT2D eigenvalue weighted by Crippen LogP contribution is -2.39. The number of phenols is 1. The van der Waals surface area contributed by atoms with Crippen molar-refractivity contribution in [3.8, 4) is 5.75 Å². The van der Waals surface area contributed by atoms with Crippen LogP contribution in [0.1, 0.15) is 10.4 Å². The van der Waals surface area contributed by atoms with Crippen LogP contribution in [0.4, 0.5) is 0 Å². The zero-order chi connectivity index (χ0) is 14.3. The SMILES string of the molecule is C[N+](C)(C)CC(=O)O.O=C(O)c1ccccc1O. The molecule has 0 heterocycles. The van der Waals surface area contributed by atoms with E-state index in [2.05, 4.69) is 0 Å². The molecule has 0 saturated heterocycles. The first-order chi connectivity index (χ1) is 8.13. The number of carboxylic acid groups (broad SMARTS) is 2. The second-order valence-corrected chi connectivity index (χ2v) is 4.66. The number of rotatable bonds is 3. The number of nitrogens with zero attached hydrogens (tertiary/aromatic N) is 1. The van der Waals surface area contributed by atoms with Gasteiger partial charge < -0.3 is 19.8 Å². The van der Waals surface area contributed by atoms with Gasteiger partial charge in [-0.1, -0.05) is 12.1 Å². The van der Waals surface area contributed by atoms with Crippen molar-refractivity contribution < 1.29 is 29.4 Å². The van der Waals surface area contributed by atoms with Crippen LogP contribution in [0.3, 0.4) is 0 Å². The smallest absolute Gasteiger partial charge is 0.359 e. The van der Waals surface area contributed by atoms with Gasteiger partial charge in [-0.15, -0.1) is 0 Å². The average Bonchev–Trinajstić information content (AvgIpc) is 2.14. The van der Waals surface area contributed by atoms with Crippen LogP contribution in [0.2, 0.25) is 0 Å². The van der Waals surface area contributed by atoms with E-state index >= 15 is 0 Å². The first-order valence-corrected chi connectivity index (χ1v) is 5.17. The van der Waals surface area contributed by atoms with Gasteiger partial charge in [-0.3, -0.25) is 0 Å². The molecule has 3 N–H and O–H groups in total. The quantitative estimate of drug-likeness (QED) is 0.697. The Morgan fingerprint density at radius 3 is 1.83 bits per heavy atom. The van der Waals surface area contributed by atoms with E-state index in [0.29, 0.717) is 4.48 Å². The average molecular weight is 256 g/mol. The highest BCUT2D eigenvalue weighted by atomic mass is 16.4. The molecule has 1 rings (SSSR count). The highest BCUT2D eigenvalue weighted by Gasteiger charge is 2.11. The molecule has 18 heavy (non-hydrogen) atoms. The van der Waals surface area contributed by atoms with Crippen molar-refractivity contribution in [1.82, 2.24) is 0 Å². The number of aromatic hydroxyl groups is 1. The molecule has 100 valence electrons. The Balaban J connectivity index is 0.000000331. The lowest BCUT2D eigenvalue weighted by Gasteiger charge is -2.20. The molecule has 0 aliphatic carbocycles. The van der Waals surface area contributed by atoms with Gasteiger partial charge in [-0.2, -0.15) is 0 Å². The Hall–Kier alpha value is -2.08. The van der Waals surface area contributed by atoms with Crippen LogP contribution in [-0.2, 0) is 4.79 Å². The zero-order valence-electron chi connectivity index (χ0n) is 10.6. The molecular formula is C12H18NO5+. The fourth-order valence-corrected chi connectivity index (χ4v) is 1.06. The fourth-order valence-electron chi connectivity index (χ4n) is 1.06. The number of para-hydroxylation sites is 1. The standard InChI is InChI=1S/C7H6O3.C5H11NO2/c8-6-4-2-1-3-5(6)7(9)10;1-6(2,3)4-5(7)8/h1-4,8H,(H,9,10);4H2,1-3H3/p+1. The van der Waals surface area contributed by atoms with E-state index in [4.69, 9.17) is 15.3 Å². The van der Waals surface area contributed by atoms with Crippen LogP contribution in [0.15, 0.2) is 24.3 Å². The number of carboxylic acids is 2. The van der Waals surface area contributed by atoms with Gasteiger partial charge in [-0.05, 0) is 12.1 Å². The van der Waals surface area contributed by atoms with Gasteiger partial charge in [0.1, 0.15) is 11.3 Å². The molecule has 6 nitrogen and oxygen atoms in total. The third kappa shape index (κ3) is 7.24. The van der Waals surface area contributed by atoms with Crippen molar-refractivity contribution >= 4 is 11.9 Å². The Bertz CT molecular complexity index is 423. The van der Waals surface area contributed by atoms with Crippen molar-refractivity contribution in [2.45, 2.75) is 0 Å². The molecule has 0 fully saturated rings. The summed E-state index contributed by atoms with van der Waals surface area (Å²) in [5.74, 6) is -2.06. The molecule has 0 amide bonds. The summed E-state index contributed by atoms with van der Waals surface area (Å²) in [6, 6.07) is 5.81. The maximum Gasteiger partial charge on any atom is 0.359 e. The van der Waals surface area contributed by atoms with Gasteiger partial charge >= 0.3 is 11.9 Å². The van der Waals surface area contributed by atoms with Crippen LogP contribution in [0.25, 0.3) is 0 Å². The number of hydrogen-bond donors (Lipinski definition) is 3. The second kappa shape index (κ2) is 6.61.